The molecule has 0 radical (unpaired) electrons. The number of hydrogen-bond donors (Lipinski definition) is 1. The van der Waals surface area contributed by atoms with Crippen molar-refractivity contribution in [3.8, 4) is 5.75 Å². The molecule has 0 aromatic heterocycles. The van der Waals surface area contributed by atoms with E-state index < -0.39 is 5.54 Å². The van der Waals surface area contributed by atoms with Crippen LogP contribution >= 0.6 is 0 Å². The second kappa shape index (κ2) is 8.13. The van der Waals surface area contributed by atoms with E-state index in [1.165, 1.54) is 36.4 Å². The first-order chi connectivity index (χ1) is 14.4. The molecule has 4 rings (SSSR count). The molecule has 3 aromatic carbocycles. The molecular formula is C24H23F3N2O. The van der Waals surface area contributed by atoms with Crippen LogP contribution < -0.4 is 10.1 Å². The Morgan fingerprint density at radius 2 is 1.53 bits per heavy atom. The summed E-state index contributed by atoms with van der Waals surface area (Å²) in [4.78, 5) is 2.05. The molecule has 0 saturated carbocycles. The van der Waals surface area contributed by atoms with Crippen LogP contribution in [0.2, 0.25) is 0 Å². The summed E-state index contributed by atoms with van der Waals surface area (Å²) in [6.45, 7) is 2.23. The summed E-state index contributed by atoms with van der Waals surface area (Å²) in [5, 5.41) is 3.50. The van der Waals surface area contributed by atoms with Gasteiger partial charge in [-0.1, -0.05) is 30.3 Å². The lowest BCUT2D eigenvalue weighted by Crippen LogP contribution is -2.44. The average molecular weight is 412 g/mol. The predicted octanol–water partition coefficient (Wildman–Crippen LogP) is 5.00. The van der Waals surface area contributed by atoms with Crippen molar-refractivity contribution in [1.29, 1.82) is 0 Å². The number of hydrogen-bond acceptors (Lipinski definition) is 3. The molecular weight excluding hydrogens is 389 g/mol. The molecule has 1 N–H and O–H groups in total. The third-order valence-corrected chi connectivity index (χ3v) is 5.92. The van der Waals surface area contributed by atoms with E-state index in [-0.39, 0.29) is 36.3 Å². The Morgan fingerprint density at radius 3 is 2.20 bits per heavy atom. The molecule has 156 valence electrons. The molecule has 1 saturated heterocycles. The van der Waals surface area contributed by atoms with Gasteiger partial charge in [0, 0.05) is 6.07 Å². The van der Waals surface area contributed by atoms with E-state index in [2.05, 4.69) is 10.2 Å². The molecule has 30 heavy (non-hydrogen) atoms. The topological polar surface area (TPSA) is 24.5 Å². The molecule has 3 nitrogen and oxygen atoms in total. The second-order valence-electron chi connectivity index (χ2n) is 7.71. The summed E-state index contributed by atoms with van der Waals surface area (Å²) in [6.07, 6.45) is -0.269. The number of ether oxygens (including phenoxy) is 1. The summed E-state index contributed by atoms with van der Waals surface area (Å²) in [5.74, 6) is -0.619. The fraction of sp³-hybridized carbons (Fsp3) is 0.250. The molecule has 1 aliphatic heterocycles. The highest BCUT2D eigenvalue weighted by Gasteiger charge is 2.50. The molecule has 3 aromatic rings. The van der Waals surface area contributed by atoms with Crippen molar-refractivity contribution in [2.75, 3.05) is 13.7 Å². The first kappa shape index (κ1) is 20.4. The van der Waals surface area contributed by atoms with Crippen molar-refractivity contribution < 1.29 is 17.9 Å². The molecule has 1 fully saturated rings. The zero-order valence-corrected chi connectivity index (χ0v) is 16.8. The van der Waals surface area contributed by atoms with Crippen LogP contribution in [-0.2, 0) is 5.54 Å². The van der Waals surface area contributed by atoms with E-state index in [1.807, 2.05) is 26.1 Å². The van der Waals surface area contributed by atoms with Crippen LogP contribution in [0.15, 0.2) is 72.8 Å². The Labute approximate surface area is 174 Å². The molecule has 0 spiro atoms. The highest BCUT2D eigenvalue weighted by Crippen LogP contribution is 2.45. The monoisotopic (exact) mass is 412 g/mol. The fourth-order valence-electron chi connectivity index (χ4n) is 4.17. The molecule has 6 heteroatoms. The van der Waals surface area contributed by atoms with Gasteiger partial charge in [0.05, 0.1) is 17.7 Å². The molecule has 3 atom stereocenters. The SMILES string of the molecule is CN1[C@H](COc2cccc(F)c2)N[C@H](c2cccc(F)c2)C1(C)c1cccc(F)c1. The van der Waals surface area contributed by atoms with Crippen LogP contribution in [0.3, 0.4) is 0 Å². The third-order valence-electron chi connectivity index (χ3n) is 5.92. The Hall–Kier alpha value is -2.83. The average Bonchev–Trinajstić information content (AvgIpc) is 2.98. The highest BCUT2D eigenvalue weighted by molar-refractivity contribution is 5.35. The normalized spacial score (nSPS) is 24.2. The zero-order valence-electron chi connectivity index (χ0n) is 16.8. The van der Waals surface area contributed by atoms with Crippen molar-refractivity contribution in [1.82, 2.24) is 10.2 Å². The van der Waals surface area contributed by atoms with E-state index in [0.717, 1.165) is 11.1 Å². The summed E-state index contributed by atoms with van der Waals surface area (Å²) in [7, 11) is 1.91. The standard InChI is InChI=1S/C24H23F3N2O/c1-24(17-7-4-9-19(26)13-17)23(16-6-3-8-18(25)12-16)28-22(29(24)2)15-30-21-11-5-10-20(27)14-21/h3-14,22-23,28H,15H2,1-2H3/t22-,23-,24?/m1/s1. The smallest absolute Gasteiger partial charge is 0.126 e. The number of nitrogens with one attached hydrogen (secondary N) is 1. The van der Waals surface area contributed by atoms with Crippen LogP contribution in [0, 0.1) is 17.5 Å². The lowest BCUT2D eigenvalue weighted by Gasteiger charge is -2.38. The van der Waals surface area contributed by atoms with Gasteiger partial charge in [-0.2, -0.15) is 0 Å². The van der Waals surface area contributed by atoms with E-state index in [1.54, 1.807) is 24.3 Å². The number of halogens is 3. The number of rotatable bonds is 5. The van der Waals surface area contributed by atoms with Gasteiger partial charge in [-0.3, -0.25) is 10.2 Å². The largest absolute Gasteiger partial charge is 0.490 e. The van der Waals surface area contributed by atoms with E-state index >= 15 is 0 Å². The third kappa shape index (κ3) is 3.80. The summed E-state index contributed by atoms with van der Waals surface area (Å²) >= 11 is 0. The second-order valence-corrected chi connectivity index (χ2v) is 7.71. The van der Waals surface area contributed by atoms with Crippen molar-refractivity contribution in [2.45, 2.75) is 24.7 Å². The Kier molecular flexibility index (Phi) is 5.54. The van der Waals surface area contributed by atoms with E-state index in [9.17, 15) is 13.2 Å². The Balaban J connectivity index is 1.68. The molecule has 1 heterocycles. The molecule has 1 aliphatic rings. The maximum Gasteiger partial charge on any atom is 0.126 e. The first-order valence-corrected chi connectivity index (χ1v) is 9.77. The van der Waals surface area contributed by atoms with E-state index in [4.69, 9.17) is 4.74 Å². The van der Waals surface area contributed by atoms with E-state index in [0.29, 0.717) is 5.75 Å². The minimum Gasteiger partial charge on any atom is -0.490 e. The van der Waals surface area contributed by atoms with Crippen LogP contribution in [0.1, 0.15) is 24.1 Å². The zero-order chi connectivity index (χ0) is 21.3. The molecule has 1 unspecified atom stereocenters. The van der Waals surface area contributed by atoms with Gasteiger partial charge in [0.1, 0.15) is 29.8 Å². The summed E-state index contributed by atoms with van der Waals surface area (Å²) in [5.41, 5.74) is 0.841. The lowest BCUT2D eigenvalue weighted by atomic mass is 9.81. The van der Waals surface area contributed by atoms with Gasteiger partial charge in [-0.05, 0) is 61.5 Å². The van der Waals surface area contributed by atoms with Gasteiger partial charge in [0.15, 0.2) is 0 Å². The van der Waals surface area contributed by atoms with Gasteiger partial charge < -0.3 is 4.74 Å². The first-order valence-electron chi connectivity index (χ1n) is 9.77. The maximum atomic E-state index is 14.1. The molecule has 0 aliphatic carbocycles. The van der Waals surface area contributed by atoms with Crippen LogP contribution in [0.25, 0.3) is 0 Å². The van der Waals surface area contributed by atoms with Crippen molar-refractivity contribution >= 4 is 0 Å². The Morgan fingerprint density at radius 1 is 0.900 bits per heavy atom. The predicted molar refractivity (Wildman–Crippen MR) is 109 cm³/mol. The maximum absolute atomic E-state index is 14.1. The van der Waals surface area contributed by atoms with Crippen LogP contribution in [0.5, 0.6) is 5.75 Å². The van der Waals surface area contributed by atoms with Gasteiger partial charge in [0.25, 0.3) is 0 Å². The van der Waals surface area contributed by atoms with Gasteiger partial charge in [-0.15, -0.1) is 0 Å². The minimum atomic E-state index is -0.675. The highest BCUT2D eigenvalue weighted by atomic mass is 19.1. The molecule has 0 bridgehead atoms. The van der Waals surface area contributed by atoms with Crippen molar-refractivity contribution in [3.05, 3.63) is 101 Å². The van der Waals surface area contributed by atoms with Crippen molar-refractivity contribution in [3.63, 3.8) is 0 Å². The number of likely N-dealkylation sites (N-methyl/N-ethyl adjacent to an activating group) is 1. The summed E-state index contributed by atoms with van der Waals surface area (Å²) in [6, 6.07) is 18.5. The van der Waals surface area contributed by atoms with Gasteiger partial charge in [0.2, 0.25) is 0 Å². The molecule has 0 amide bonds. The van der Waals surface area contributed by atoms with Crippen LogP contribution in [0.4, 0.5) is 13.2 Å². The van der Waals surface area contributed by atoms with Gasteiger partial charge >= 0.3 is 0 Å². The fourth-order valence-corrected chi connectivity index (χ4v) is 4.17. The van der Waals surface area contributed by atoms with Crippen molar-refractivity contribution in [2.24, 2.45) is 0 Å². The number of benzene rings is 3. The lowest BCUT2D eigenvalue weighted by molar-refractivity contribution is 0.106. The quantitative estimate of drug-likeness (QED) is 0.638. The Bertz CT molecular complexity index is 1040. The van der Waals surface area contributed by atoms with Crippen LogP contribution in [-0.4, -0.2) is 24.7 Å². The van der Waals surface area contributed by atoms with Gasteiger partial charge in [-0.25, -0.2) is 13.2 Å². The number of nitrogens with zero attached hydrogens (tertiary/aromatic N) is 1. The summed E-state index contributed by atoms with van der Waals surface area (Å²) < 4.78 is 47.3. The minimum absolute atomic E-state index is 0.233.